The maximum Gasteiger partial charge on any atom is 0.350 e. The van der Waals surface area contributed by atoms with Crippen molar-refractivity contribution in [3.8, 4) is 0 Å². The van der Waals surface area contributed by atoms with E-state index in [0.29, 0.717) is 10.6 Å². The fourth-order valence-corrected chi connectivity index (χ4v) is 3.96. The van der Waals surface area contributed by atoms with E-state index in [0.717, 1.165) is 38.0 Å². The molecule has 1 N–H and O–H groups in total. The number of rotatable bonds is 5. The molecule has 3 rings (SSSR count). The molecule has 1 saturated heterocycles. The van der Waals surface area contributed by atoms with Crippen molar-refractivity contribution in [2.24, 2.45) is 0 Å². The molecule has 7 heteroatoms. The van der Waals surface area contributed by atoms with Crippen LogP contribution in [0.25, 0.3) is 0 Å². The zero-order chi connectivity index (χ0) is 17.6. The third kappa shape index (κ3) is 4.29. The van der Waals surface area contributed by atoms with Gasteiger partial charge in [0.05, 0.1) is 31.6 Å². The Kier molecular flexibility index (Phi) is 5.88. The molecule has 2 aromatic rings. The van der Waals surface area contributed by atoms with Crippen LogP contribution in [-0.4, -0.2) is 37.0 Å². The van der Waals surface area contributed by atoms with Crippen LogP contribution in [0.2, 0.25) is 0 Å². The number of esters is 1. The van der Waals surface area contributed by atoms with Crippen molar-refractivity contribution in [2.45, 2.75) is 31.7 Å². The number of carbonyl (C=O) groups excluding carboxylic acids is 2. The number of nitrogens with one attached hydrogen (secondary N) is 1. The number of furan rings is 1. The maximum atomic E-state index is 12.5. The summed E-state index contributed by atoms with van der Waals surface area (Å²) >= 11 is 1.25. The van der Waals surface area contributed by atoms with Gasteiger partial charge < -0.3 is 14.5 Å². The van der Waals surface area contributed by atoms with Crippen LogP contribution in [0.15, 0.2) is 34.3 Å². The summed E-state index contributed by atoms with van der Waals surface area (Å²) in [5.74, 6) is 0.330. The number of ether oxygens (including phenoxy) is 1. The Morgan fingerprint density at radius 1 is 1.36 bits per heavy atom. The molecule has 1 amide bonds. The third-order valence-corrected chi connectivity index (χ3v) is 5.29. The predicted octanol–water partition coefficient (Wildman–Crippen LogP) is 3.68. The lowest BCUT2D eigenvalue weighted by Gasteiger charge is -2.27. The molecular formula is C18H22N2O4S. The summed E-state index contributed by atoms with van der Waals surface area (Å²) in [6, 6.07) is 5.69. The van der Waals surface area contributed by atoms with Crippen molar-refractivity contribution in [2.75, 3.05) is 25.5 Å². The van der Waals surface area contributed by atoms with E-state index in [2.05, 4.69) is 10.2 Å². The summed E-state index contributed by atoms with van der Waals surface area (Å²) < 4.78 is 10.3. The lowest BCUT2D eigenvalue weighted by molar-refractivity contribution is -0.118. The highest BCUT2D eigenvalue weighted by molar-refractivity contribution is 7.12. The second-order valence-electron chi connectivity index (χ2n) is 6.05. The van der Waals surface area contributed by atoms with Gasteiger partial charge in [-0.1, -0.05) is 12.8 Å². The van der Waals surface area contributed by atoms with Crippen LogP contribution in [0.1, 0.15) is 47.2 Å². The summed E-state index contributed by atoms with van der Waals surface area (Å²) in [6.45, 7) is 1.12. The highest BCUT2D eigenvalue weighted by Crippen LogP contribution is 2.30. The van der Waals surface area contributed by atoms with Gasteiger partial charge in [0.2, 0.25) is 5.91 Å². The molecule has 1 fully saturated rings. The first-order chi connectivity index (χ1) is 12.2. The van der Waals surface area contributed by atoms with Crippen molar-refractivity contribution in [3.05, 3.63) is 40.5 Å². The SMILES string of the molecule is COC(=O)c1sccc1NC(=O)CN1CCCCCC1c1ccco1. The fourth-order valence-electron chi connectivity index (χ4n) is 3.19. The largest absolute Gasteiger partial charge is 0.468 e. The minimum atomic E-state index is -0.437. The minimum absolute atomic E-state index is 0.116. The zero-order valence-corrected chi connectivity index (χ0v) is 15.0. The smallest absolute Gasteiger partial charge is 0.350 e. The molecule has 0 radical (unpaired) electrons. The molecule has 1 aliphatic rings. The summed E-state index contributed by atoms with van der Waals surface area (Å²) in [4.78, 5) is 26.8. The number of methoxy groups -OCH3 is 1. The highest BCUT2D eigenvalue weighted by Gasteiger charge is 2.27. The third-order valence-electron chi connectivity index (χ3n) is 4.39. The van der Waals surface area contributed by atoms with Gasteiger partial charge in [0.15, 0.2) is 0 Å². The van der Waals surface area contributed by atoms with Crippen molar-refractivity contribution in [3.63, 3.8) is 0 Å². The van der Waals surface area contributed by atoms with Crippen molar-refractivity contribution >= 4 is 28.9 Å². The van der Waals surface area contributed by atoms with Gasteiger partial charge in [-0.05, 0) is 43.0 Å². The number of likely N-dealkylation sites (tertiary alicyclic amines) is 1. The van der Waals surface area contributed by atoms with Crippen LogP contribution in [0, 0.1) is 0 Å². The Hall–Kier alpha value is -2.12. The summed E-state index contributed by atoms with van der Waals surface area (Å²) in [5.41, 5.74) is 0.506. The first-order valence-corrected chi connectivity index (χ1v) is 9.30. The first-order valence-electron chi connectivity index (χ1n) is 8.42. The standard InChI is InChI=1S/C18H22N2O4S/c1-23-18(22)17-13(8-11-25-17)19-16(21)12-20-9-4-2-3-6-14(20)15-7-5-10-24-15/h5,7-8,10-11,14H,2-4,6,9,12H2,1H3,(H,19,21). The number of anilines is 1. The van der Waals surface area contributed by atoms with Gasteiger partial charge in [0.25, 0.3) is 0 Å². The van der Waals surface area contributed by atoms with Crippen LogP contribution in [0.4, 0.5) is 5.69 Å². The van der Waals surface area contributed by atoms with Crippen molar-refractivity contribution in [1.82, 2.24) is 4.90 Å². The minimum Gasteiger partial charge on any atom is -0.468 e. The Morgan fingerprint density at radius 2 is 2.24 bits per heavy atom. The van der Waals surface area contributed by atoms with Crippen molar-refractivity contribution in [1.29, 1.82) is 0 Å². The van der Waals surface area contributed by atoms with Crippen LogP contribution >= 0.6 is 11.3 Å². The van der Waals surface area contributed by atoms with Gasteiger partial charge in [0.1, 0.15) is 10.6 Å². The molecule has 0 bridgehead atoms. The second kappa shape index (κ2) is 8.31. The van der Waals surface area contributed by atoms with Gasteiger partial charge >= 0.3 is 5.97 Å². The van der Waals surface area contributed by atoms with Gasteiger partial charge in [-0.3, -0.25) is 9.69 Å². The monoisotopic (exact) mass is 362 g/mol. The molecular weight excluding hydrogens is 340 g/mol. The van der Waals surface area contributed by atoms with Crippen LogP contribution in [0.5, 0.6) is 0 Å². The Morgan fingerprint density at radius 3 is 3.00 bits per heavy atom. The molecule has 6 nitrogen and oxygen atoms in total. The topological polar surface area (TPSA) is 71.8 Å². The molecule has 3 heterocycles. The Labute approximate surface area is 150 Å². The van der Waals surface area contributed by atoms with E-state index in [-0.39, 0.29) is 18.5 Å². The van der Waals surface area contributed by atoms with Gasteiger partial charge in [-0.2, -0.15) is 0 Å². The molecule has 25 heavy (non-hydrogen) atoms. The normalized spacial score (nSPS) is 18.5. The number of carbonyl (C=O) groups is 2. The van der Waals surface area contributed by atoms with E-state index in [1.165, 1.54) is 18.4 Å². The maximum absolute atomic E-state index is 12.5. The van der Waals surface area contributed by atoms with E-state index < -0.39 is 5.97 Å². The molecule has 0 aliphatic carbocycles. The predicted molar refractivity (Wildman–Crippen MR) is 95.8 cm³/mol. The van der Waals surface area contributed by atoms with E-state index in [4.69, 9.17) is 9.15 Å². The van der Waals surface area contributed by atoms with E-state index in [9.17, 15) is 9.59 Å². The molecule has 1 aliphatic heterocycles. The molecule has 0 saturated carbocycles. The van der Waals surface area contributed by atoms with E-state index in [1.807, 2.05) is 12.1 Å². The number of hydrogen-bond acceptors (Lipinski definition) is 6. The van der Waals surface area contributed by atoms with Crippen LogP contribution < -0.4 is 5.32 Å². The summed E-state index contributed by atoms with van der Waals surface area (Å²) in [5, 5.41) is 4.60. The molecule has 134 valence electrons. The molecule has 0 spiro atoms. The number of hydrogen-bond donors (Lipinski definition) is 1. The van der Waals surface area contributed by atoms with Gasteiger partial charge in [-0.25, -0.2) is 4.79 Å². The second-order valence-corrected chi connectivity index (χ2v) is 6.97. The summed E-state index contributed by atoms with van der Waals surface area (Å²) in [7, 11) is 1.33. The average molecular weight is 362 g/mol. The lowest BCUT2D eigenvalue weighted by Crippen LogP contribution is -2.36. The van der Waals surface area contributed by atoms with E-state index in [1.54, 1.807) is 17.7 Å². The zero-order valence-electron chi connectivity index (χ0n) is 14.2. The number of nitrogens with zero attached hydrogens (tertiary/aromatic N) is 1. The average Bonchev–Trinajstić information content (AvgIpc) is 3.24. The highest BCUT2D eigenvalue weighted by atomic mass is 32.1. The number of amides is 1. The lowest BCUT2D eigenvalue weighted by atomic mass is 10.1. The first kappa shape index (κ1) is 17.7. The van der Waals surface area contributed by atoms with Crippen molar-refractivity contribution < 1.29 is 18.7 Å². The Balaban J connectivity index is 1.68. The number of thiophene rings is 1. The van der Waals surface area contributed by atoms with Gasteiger partial charge in [-0.15, -0.1) is 11.3 Å². The molecule has 0 aromatic carbocycles. The quantitative estimate of drug-likeness (QED) is 0.822. The fraction of sp³-hybridized carbons (Fsp3) is 0.444. The van der Waals surface area contributed by atoms with E-state index >= 15 is 0 Å². The molecule has 2 aromatic heterocycles. The molecule has 1 unspecified atom stereocenters. The molecule has 1 atom stereocenters. The van der Waals surface area contributed by atoms with Gasteiger partial charge in [0, 0.05) is 0 Å². The summed E-state index contributed by atoms with van der Waals surface area (Å²) in [6.07, 6.45) is 6.00. The van der Waals surface area contributed by atoms with Crippen LogP contribution in [0.3, 0.4) is 0 Å². The Bertz CT molecular complexity index is 710. The van der Waals surface area contributed by atoms with Crippen LogP contribution in [-0.2, 0) is 9.53 Å².